The van der Waals surface area contributed by atoms with Gasteiger partial charge in [-0.15, -0.1) is 0 Å². The molecule has 0 fully saturated rings. The van der Waals surface area contributed by atoms with Gasteiger partial charge in [-0.2, -0.15) is 0 Å². The lowest BCUT2D eigenvalue weighted by molar-refractivity contribution is -0.385. The van der Waals surface area contributed by atoms with Crippen molar-refractivity contribution in [3.8, 4) is 5.75 Å². The number of nitrogen functional groups attached to an aromatic ring is 1. The van der Waals surface area contributed by atoms with Crippen molar-refractivity contribution in [2.75, 3.05) is 31.0 Å². The van der Waals surface area contributed by atoms with Crippen LogP contribution in [-0.2, 0) is 17.8 Å². The molecule has 0 atom stereocenters. The first-order valence-electron chi connectivity index (χ1n) is 10.7. The van der Waals surface area contributed by atoms with Crippen molar-refractivity contribution in [1.82, 2.24) is 9.55 Å². The number of carbonyl (C=O) groups excluding carboxylic acids is 1. The number of ether oxygens (including phenoxy) is 2. The van der Waals surface area contributed by atoms with Gasteiger partial charge in [0.2, 0.25) is 0 Å². The number of anilines is 2. The molecule has 0 spiro atoms. The maximum Gasteiger partial charge on any atom is 0.330 e. The Morgan fingerprint density at radius 2 is 1.91 bits per heavy atom. The van der Waals surface area contributed by atoms with E-state index in [2.05, 4.69) is 4.98 Å². The highest BCUT2D eigenvalue weighted by Crippen LogP contribution is 2.30. The summed E-state index contributed by atoms with van der Waals surface area (Å²) in [6, 6.07) is 12.6. The van der Waals surface area contributed by atoms with E-state index in [9.17, 15) is 24.5 Å². The van der Waals surface area contributed by atoms with Crippen molar-refractivity contribution < 1.29 is 19.2 Å². The van der Waals surface area contributed by atoms with Gasteiger partial charge in [-0.05, 0) is 24.6 Å². The molecule has 3 N–H and O–H groups in total. The van der Waals surface area contributed by atoms with Gasteiger partial charge in [0.1, 0.15) is 5.82 Å². The van der Waals surface area contributed by atoms with E-state index in [4.69, 9.17) is 15.2 Å². The lowest BCUT2D eigenvalue weighted by Crippen LogP contribution is -2.41. The minimum Gasteiger partial charge on any atom is -0.487 e. The van der Waals surface area contributed by atoms with Gasteiger partial charge in [-0.25, -0.2) is 4.79 Å². The Balaban J connectivity index is 2.18. The Morgan fingerprint density at radius 1 is 1.20 bits per heavy atom. The summed E-state index contributed by atoms with van der Waals surface area (Å²) in [7, 11) is 1.44. The second kappa shape index (κ2) is 11.1. The van der Waals surface area contributed by atoms with Crippen LogP contribution in [-0.4, -0.2) is 40.7 Å². The Kier molecular flexibility index (Phi) is 8.00. The van der Waals surface area contributed by atoms with Gasteiger partial charge in [0.15, 0.2) is 11.4 Å². The number of nitrogens with one attached hydrogen (secondary N) is 1. The quantitative estimate of drug-likeness (QED) is 0.326. The van der Waals surface area contributed by atoms with Crippen LogP contribution in [0.25, 0.3) is 0 Å². The number of aromatic amines is 1. The van der Waals surface area contributed by atoms with E-state index in [1.165, 1.54) is 19.2 Å². The van der Waals surface area contributed by atoms with Crippen LogP contribution in [0.5, 0.6) is 5.75 Å². The zero-order chi connectivity index (χ0) is 25.5. The monoisotopic (exact) mass is 483 g/mol. The van der Waals surface area contributed by atoms with Crippen LogP contribution in [0.2, 0.25) is 0 Å². The predicted octanol–water partition coefficient (Wildman–Crippen LogP) is 1.92. The Hall–Kier alpha value is -4.45. The number of H-pyrrole nitrogens is 1. The molecular formula is C23H25N5O7. The maximum absolute atomic E-state index is 13.7. The number of nitrogens with two attached hydrogens (primary N) is 1. The maximum atomic E-state index is 13.7. The summed E-state index contributed by atoms with van der Waals surface area (Å²) < 4.78 is 11.4. The normalized spacial score (nSPS) is 10.7. The SMILES string of the molecule is CCOc1ccc(C(=O)N(Cc2ccccc2)c2c(N)n(CCOC)c(=O)[nH]c2=O)cc1[N+](=O)[O-]. The van der Waals surface area contributed by atoms with Gasteiger partial charge in [-0.1, -0.05) is 30.3 Å². The third-order valence-electron chi connectivity index (χ3n) is 5.13. The fourth-order valence-electron chi connectivity index (χ4n) is 3.49. The largest absolute Gasteiger partial charge is 0.487 e. The molecule has 2 aromatic carbocycles. The van der Waals surface area contributed by atoms with Gasteiger partial charge in [0, 0.05) is 18.7 Å². The summed E-state index contributed by atoms with van der Waals surface area (Å²) in [6.07, 6.45) is 0. The topological polar surface area (TPSA) is 163 Å². The molecular weight excluding hydrogens is 458 g/mol. The molecule has 0 aliphatic carbocycles. The molecule has 1 aromatic heterocycles. The van der Waals surface area contributed by atoms with Crippen molar-refractivity contribution in [3.05, 3.63) is 90.6 Å². The molecule has 0 radical (unpaired) electrons. The van der Waals surface area contributed by atoms with Crippen LogP contribution in [0.1, 0.15) is 22.8 Å². The highest BCUT2D eigenvalue weighted by atomic mass is 16.6. The molecule has 184 valence electrons. The second-order valence-corrected chi connectivity index (χ2v) is 7.39. The standard InChI is InChI=1S/C23H25N5O7/c1-3-35-18-10-9-16(13-17(18)28(32)33)22(30)27(14-15-7-5-4-6-8-15)19-20(24)26(11-12-34-2)23(31)25-21(19)29/h4-10,13H,3,11-12,14,24H2,1-2H3,(H,25,29,31). The first-order chi connectivity index (χ1) is 16.8. The Bertz CT molecular complexity index is 1330. The first-order valence-corrected chi connectivity index (χ1v) is 10.7. The molecule has 12 heteroatoms. The van der Waals surface area contributed by atoms with Crippen LogP contribution in [0, 0.1) is 10.1 Å². The molecule has 0 saturated carbocycles. The molecule has 1 amide bonds. The minimum atomic E-state index is -0.870. The molecule has 3 aromatic rings. The highest BCUT2D eigenvalue weighted by molar-refractivity contribution is 6.07. The van der Waals surface area contributed by atoms with E-state index >= 15 is 0 Å². The van der Waals surface area contributed by atoms with Crippen LogP contribution in [0.3, 0.4) is 0 Å². The van der Waals surface area contributed by atoms with Crippen molar-refractivity contribution >= 4 is 23.1 Å². The van der Waals surface area contributed by atoms with Gasteiger partial charge < -0.3 is 15.2 Å². The van der Waals surface area contributed by atoms with Crippen molar-refractivity contribution in [3.63, 3.8) is 0 Å². The van der Waals surface area contributed by atoms with E-state index in [-0.39, 0.29) is 49.1 Å². The molecule has 0 aliphatic rings. The summed E-state index contributed by atoms with van der Waals surface area (Å²) in [5.41, 5.74) is 4.52. The smallest absolute Gasteiger partial charge is 0.330 e. The van der Waals surface area contributed by atoms with Gasteiger partial charge >= 0.3 is 11.4 Å². The van der Waals surface area contributed by atoms with Crippen LogP contribution in [0.4, 0.5) is 17.2 Å². The number of rotatable bonds is 10. The molecule has 0 saturated heterocycles. The summed E-state index contributed by atoms with van der Waals surface area (Å²) in [4.78, 5) is 53.0. The molecule has 0 bridgehead atoms. The number of nitro benzene ring substituents is 1. The fourth-order valence-corrected chi connectivity index (χ4v) is 3.49. The van der Waals surface area contributed by atoms with E-state index in [1.54, 1.807) is 37.3 Å². The Labute approximate surface area is 199 Å². The summed E-state index contributed by atoms with van der Waals surface area (Å²) in [5, 5.41) is 11.6. The van der Waals surface area contributed by atoms with E-state index in [0.29, 0.717) is 5.56 Å². The lowest BCUT2D eigenvalue weighted by atomic mass is 10.1. The molecule has 0 unspecified atom stereocenters. The molecule has 3 rings (SSSR count). The summed E-state index contributed by atoms with van der Waals surface area (Å²) in [5.74, 6) is -0.955. The highest BCUT2D eigenvalue weighted by Gasteiger charge is 2.28. The van der Waals surface area contributed by atoms with Gasteiger partial charge in [-0.3, -0.25) is 34.2 Å². The van der Waals surface area contributed by atoms with Crippen LogP contribution >= 0.6 is 0 Å². The summed E-state index contributed by atoms with van der Waals surface area (Å²) in [6.45, 7) is 1.96. The first kappa shape index (κ1) is 25.2. The molecule has 35 heavy (non-hydrogen) atoms. The number of amides is 1. The number of hydrogen-bond donors (Lipinski definition) is 2. The molecule has 1 heterocycles. The number of nitrogens with zero attached hydrogens (tertiary/aromatic N) is 3. The van der Waals surface area contributed by atoms with Crippen molar-refractivity contribution in [2.45, 2.75) is 20.0 Å². The van der Waals surface area contributed by atoms with Crippen molar-refractivity contribution in [2.24, 2.45) is 0 Å². The zero-order valence-corrected chi connectivity index (χ0v) is 19.2. The predicted molar refractivity (Wildman–Crippen MR) is 129 cm³/mol. The van der Waals surface area contributed by atoms with Gasteiger partial charge in [0.05, 0.1) is 31.2 Å². The summed E-state index contributed by atoms with van der Waals surface area (Å²) >= 11 is 0. The van der Waals surface area contributed by atoms with Crippen molar-refractivity contribution in [1.29, 1.82) is 0 Å². The Morgan fingerprint density at radius 3 is 2.54 bits per heavy atom. The van der Waals surface area contributed by atoms with E-state index < -0.39 is 27.8 Å². The number of hydrogen-bond acceptors (Lipinski definition) is 8. The third-order valence-corrected chi connectivity index (χ3v) is 5.13. The lowest BCUT2D eigenvalue weighted by Gasteiger charge is -2.25. The number of methoxy groups -OCH3 is 1. The minimum absolute atomic E-state index is 0.00846. The average Bonchev–Trinajstić information content (AvgIpc) is 2.83. The van der Waals surface area contributed by atoms with E-state index in [1.807, 2.05) is 0 Å². The number of nitro groups is 1. The fraction of sp³-hybridized carbons (Fsp3) is 0.261. The molecule has 12 nitrogen and oxygen atoms in total. The second-order valence-electron chi connectivity index (χ2n) is 7.39. The average molecular weight is 483 g/mol. The molecule has 0 aliphatic heterocycles. The zero-order valence-electron chi connectivity index (χ0n) is 19.2. The number of aromatic nitrogens is 2. The number of carbonyl (C=O) groups is 1. The number of benzene rings is 2. The van der Waals surface area contributed by atoms with E-state index in [0.717, 1.165) is 15.5 Å². The van der Waals surface area contributed by atoms with Gasteiger partial charge in [0.25, 0.3) is 11.5 Å². The third kappa shape index (κ3) is 5.55. The van der Waals surface area contributed by atoms with Crippen LogP contribution < -0.4 is 26.6 Å². The van der Waals surface area contributed by atoms with Crippen LogP contribution in [0.15, 0.2) is 58.1 Å².